The molecule has 1 aliphatic rings. The van der Waals surface area contributed by atoms with Crippen molar-refractivity contribution in [3.8, 4) is 11.8 Å². The molecule has 2 heterocycles. The topological polar surface area (TPSA) is 76.5 Å². The van der Waals surface area contributed by atoms with E-state index >= 15 is 0 Å². The lowest BCUT2D eigenvalue weighted by molar-refractivity contribution is 0.265. The molecule has 0 bridgehead atoms. The summed E-state index contributed by atoms with van der Waals surface area (Å²) in [6.07, 6.45) is 5.13. The summed E-state index contributed by atoms with van der Waals surface area (Å²) in [5.74, 6) is 1.15. The quantitative estimate of drug-likeness (QED) is 0.710. The number of aromatic nitrogens is 2. The lowest BCUT2D eigenvalue weighted by Gasteiger charge is -2.04. The number of para-hydroxylation sites is 1. The maximum absolute atomic E-state index is 11.8. The van der Waals surface area contributed by atoms with Gasteiger partial charge in [0.1, 0.15) is 11.6 Å². The molecule has 1 N–H and O–H groups in total. The van der Waals surface area contributed by atoms with Crippen molar-refractivity contribution in [2.75, 3.05) is 0 Å². The molecule has 4 rings (SSSR count). The number of amides is 1. The number of hydrogen-bond donors (Lipinski definition) is 1. The maximum atomic E-state index is 11.8. The summed E-state index contributed by atoms with van der Waals surface area (Å²) in [7, 11) is 0. The van der Waals surface area contributed by atoms with Gasteiger partial charge >= 0.3 is 6.01 Å². The molecular weight excluding hydrogens is 360 g/mol. The SMILES string of the molecule is O=C1NC(=Nc2ccccc2)C(=Cc2cccc(Oc3ncccn3)c2)S1. The first-order chi connectivity index (χ1) is 13.3. The standard InChI is InChI=1S/C20H14N4O2S/c25-20-24-18(23-15-7-2-1-3-8-15)17(27-20)13-14-6-4-9-16(12-14)26-19-21-10-5-11-22-19/h1-13H,(H,23,24,25). The molecular formula is C20H14N4O2S. The predicted octanol–water partition coefficient (Wildman–Crippen LogP) is 4.80. The van der Waals surface area contributed by atoms with Crippen LogP contribution in [0, 0.1) is 0 Å². The second kappa shape index (κ2) is 7.84. The van der Waals surface area contributed by atoms with Crippen LogP contribution in [0.2, 0.25) is 0 Å². The Balaban J connectivity index is 1.61. The van der Waals surface area contributed by atoms with Crippen molar-refractivity contribution in [2.45, 2.75) is 0 Å². The van der Waals surface area contributed by atoms with E-state index < -0.39 is 0 Å². The van der Waals surface area contributed by atoms with Crippen LogP contribution < -0.4 is 10.1 Å². The summed E-state index contributed by atoms with van der Waals surface area (Å²) in [4.78, 5) is 25.2. The Labute approximate surface area is 160 Å². The molecule has 0 saturated carbocycles. The number of hydrogen-bond acceptors (Lipinski definition) is 6. The van der Waals surface area contributed by atoms with Crippen molar-refractivity contribution in [2.24, 2.45) is 4.99 Å². The van der Waals surface area contributed by atoms with E-state index in [9.17, 15) is 4.79 Å². The molecule has 0 spiro atoms. The minimum Gasteiger partial charge on any atom is -0.424 e. The van der Waals surface area contributed by atoms with E-state index in [0.717, 1.165) is 27.9 Å². The van der Waals surface area contributed by atoms with Crippen molar-refractivity contribution in [3.63, 3.8) is 0 Å². The van der Waals surface area contributed by atoms with E-state index in [-0.39, 0.29) is 11.2 Å². The number of carbonyl (C=O) groups is 1. The van der Waals surface area contributed by atoms with Crippen LogP contribution in [-0.2, 0) is 0 Å². The Morgan fingerprint density at radius 3 is 2.63 bits per heavy atom. The van der Waals surface area contributed by atoms with Crippen LogP contribution in [0.4, 0.5) is 10.5 Å². The number of aliphatic imine (C=N–C) groups is 1. The fourth-order valence-corrected chi connectivity index (χ4v) is 3.14. The van der Waals surface area contributed by atoms with Gasteiger partial charge in [-0.3, -0.25) is 4.79 Å². The number of carbonyl (C=O) groups excluding carboxylic acids is 1. The largest absolute Gasteiger partial charge is 0.424 e. The summed E-state index contributed by atoms with van der Waals surface area (Å²) in [6, 6.07) is 19.0. The Bertz CT molecular complexity index is 1020. The highest BCUT2D eigenvalue weighted by Crippen LogP contribution is 2.29. The predicted molar refractivity (Wildman–Crippen MR) is 106 cm³/mol. The minimum atomic E-state index is -0.152. The lowest BCUT2D eigenvalue weighted by Crippen LogP contribution is -2.18. The Morgan fingerprint density at radius 1 is 1.00 bits per heavy atom. The van der Waals surface area contributed by atoms with Crippen LogP contribution in [0.15, 0.2) is 83.0 Å². The fourth-order valence-electron chi connectivity index (χ4n) is 2.41. The van der Waals surface area contributed by atoms with Crippen molar-refractivity contribution in [1.82, 2.24) is 15.3 Å². The van der Waals surface area contributed by atoms with Gasteiger partial charge in [-0.2, -0.15) is 0 Å². The van der Waals surface area contributed by atoms with Gasteiger partial charge < -0.3 is 10.1 Å². The van der Waals surface area contributed by atoms with Crippen LogP contribution in [0.5, 0.6) is 11.8 Å². The molecule has 132 valence electrons. The van der Waals surface area contributed by atoms with Gasteiger partial charge in [0, 0.05) is 12.4 Å². The van der Waals surface area contributed by atoms with Crippen LogP contribution in [0.3, 0.4) is 0 Å². The van der Waals surface area contributed by atoms with Gasteiger partial charge in [0.05, 0.1) is 10.6 Å². The molecule has 1 aromatic heterocycles. The van der Waals surface area contributed by atoms with Gasteiger partial charge in [0.15, 0.2) is 0 Å². The smallest absolute Gasteiger partial charge is 0.321 e. The van der Waals surface area contributed by atoms with Crippen LogP contribution in [-0.4, -0.2) is 21.0 Å². The molecule has 27 heavy (non-hydrogen) atoms. The molecule has 7 heteroatoms. The number of nitrogens with zero attached hydrogens (tertiary/aromatic N) is 3. The first kappa shape index (κ1) is 17.0. The van der Waals surface area contributed by atoms with Gasteiger partial charge in [-0.25, -0.2) is 15.0 Å². The van der Waals surface area contributed by atoms with E-state index in [4.69, 9.17) is 4.74 Å². The van der Waals surface area contributed by atoms with E-state index in [0.29, 0.717) is 11.6 Å². The highest BCUT2D eigenvalue weighted by atomic mass is 32.2. The summed E-state index contributed by atoms with van der Waals surface area (Å²) >= 11 is 1.11. The molecule has 3 aromatic rings. The van der Waals surface area contributed by atoms with Crippen molar-refractivity contribution >= 4 is 34.6 Å². The zero-order chi connectivity index (χ0) is 18.5. The van der Waals surface area contributed by atoms with Crippen LogP contribution >= 0.6 is 11.8 Å². The summed E-state index contributed by atoms with van der Waals surface area (Å²) in [6.45, 7) is 0. The number of amidine groups is 1. The van der Waals surface area contributed by atoms with Crippen molar-refractivity contribution < 1.29 is 9.53 Å². The third-order valence-electron chi connectivity index (χ3n) is 3.56. The molecule has 1 saturated heterocycles. The highest BCUT2D eigenvalue weighted by molar-refractivity contribution is 8.18. The molecule has 1 fully saturated rings. The molecule has 1 amide bonds. The Hall–Kier alpha value is -3.45. The fraction of sp³-hybridized carbons (Fsp3) is 0. The number of thioether (sulfide) groups is 1. The zero-order valence-electron chi connectivity index (χ0n) is 14.1. The number of ether oxygens (including phenoxy) is 1. The van der Waals surface area contributed by atoms with E-state index in [1.807, 2.05) is 60.7 Å². The average molecular weight is 374 g/mol. The molecule has 2 aromatic carbocycles. The van der Waals surface area contributed by atoms with Crippen molar-refractivity contribution in [3.05, 3.63) is 83.5 Å². The molecule has 0 radical (unpaired) electrons. The average Bonchev–Trinajstić information content (AvgIpc) is 3.02. The van der Waals surface area contributed by atoms with Gasteiger partial charge in [-0.05, 0) is 53.7 Å². The third kappa shape index (κ3) is 4.39. The lowest BCUT2D eigenvalue weighted by atomic mass is 10.2. The normalized spacial score (nSPS) is 16.5. The highest BCUT2D eigenvalue weighted by Gasteiger charge is 2.23. The molecule has 0 unspecified atom stereocenters. The first-order valence-electron chi connectivity index (χ1n) is 8.16. The van der Waals surface area contributed by atoms with E-state index in [2.05, 4.69) is 20.3 Å². The van der Waals surface area contributed by atoms with E-state index in [1.165, 1.54) is 0 Å². The monoisotopic (exact) mass is 374 g/mol. The van der Waals surface area contributed by atoms with Crippen LogP contribution in [0.1, 0.15) is 5.56 Å². The minimum absolute atomic E-state index is 0.152. The summed E-state index contributed by atoms with van der Waals surface area (Å²) < 4.78 is 5.66. The number of rotatable bonds is 4. The molecule has 6 nitrogen and oxygen atoms in total. The second-order valence-corrected chi connectivity index (χ2v) is 6.54. The van der Waals surface area contributed by atoms with Gasteiger partial charge in [0.2, 0.25) is 0 Å². The first-order valence-corrected chi connectivity index (χ1v) is 8.97. The van der Waals surface area contributed by atoms with Gasteiger partial charge in [-0.1, -0.05) is 30.3 Å². The molecule has 1 aliphatic heterocycles. The number of nitrogens with one attached hydrogen (secondary N) is 1. The van der Waals surface area contributed by atoms with Gasteiger partial charge in [0.25, 0.3) is 5.24 Å². The van der Waals surface area contributed by atoms with Crippen LogP contribution in [0.25, 0.3) is 6.08 Å². The summed E-state index contributed by atoms with van der Waals surface area (Å²) in [5, 5.41) is 2.63. The summed E-state index contributed by atoms with van der Waals surface area (Å²) in [5.41, 5.74) is 1.66. The Morgan fingerprint density at radius 2 is 1.81 bits per heavy atom. The Kier molecular flexibility index (Phi) is 4.93. The van der Waals surface area contributed by atoms with E-state index in [1.54, 1.807) is 18.5 Å². The van der Waals surface area contributed by atoms with Gasteiger partial charge in [-0.15, -0.1) is 0 Å². The zero-order valence-corrected chi connectivity index (χ0v) is 14.9. The maximum Gasteiger partial charge on any atom is 0.321 e. The third-order valence-corrected chi connectivity index (χ3v) is 4.38. The second-order valence-electron chi connectivity index (χ2n) is 5.52. The molecule has 0 atom stereocenters. The van der Waals surface area contributed by atoms with Crippen molar-refractivity contribution in [1.29, 1.82) is 0 Å². The molecule has 0 aliphatic carbocycles. The number of benzene rings is 2.